The molecule has 0 N–H and O–H groups in total. The number of carbonyl (C=O) groups is 1. The number of amides is 1. The van der Waals surface area contributed by atoms with Gasteiger partial charge < -0.3 is 18.6 Å². The number of nitriles is 1. The Morgan fingerprint density at radius 1 is 1.33 bits per heavy atom. The van der Waals surface area contributed by atoms with E-state index in [9.17, 15) is 10.1 Å². The van der Waals surface area contributed by atoms with E-state index in [0.717, 1.165) is 24.3 Å². The van der Waals surface area contributed by atoms with Gasteiger partial charge in [-0.2, -0.15) is 5.26 Å². The van der Waals surface area contributed by atoms with Gasteiger partial charge in [-0.25, -0.2) is 0 Å². The summed E-state index contributed by atoms with van der Waals surface area (Å²) in [5.74, 6) is 0.595. The molecule has 2 aliphatic heterocycles. The van der Waals surface area contributed by atoms with Crippen molar-refractivity contribution in [3.05, 3.63) is 47.2 Å². The topological polar surface area (TPSA) is 74.6 Å². The van der Waals surface area contributed by atoms with Gasteiger partial charge in [-0.15, -0.1) is 0 Å². The molecule has 7 nitrogen and oxygen atoms in total. The van der Waals surface area contributed by atoms with E-state index < -0.39 is 0 Å². The van der Waals surface area contributed by atoms with Crippen LogP contribution in [-0.2, 0) is 18.3 Å². The molecule has 0 spiro atoms. The summed E-state index contributed by atoms with van der Waals surface area (Å²) in [5, 5.41) is 9.29. The number of aromatic nitrogens is 1. The van der Waals surface area contributed by atoms with Crippen LogP contribution in [0.1, 0.15) is 27.5 Å². The highest BCUT2D eigenvalue weighted by Gasteiger charge is 2.36. The van der Waals surface area contributed by atoms with Crippen LogP contribution >= 0.6 is 0 Å². The zero-order chi connectivity index (χ0) is 19.0. The molecule has 0 aliphatic carbocycles. The van der Waals surface area contributed by atoms with Gasteiger partial charge in [0, 0.05) is 44.8 Å². The Labute approximate surface area is 158 Å². The lowest BCUT2D eigenvalue weighted by atomic mass is 10.1. The molecule has 2 fully saturated rings. The van der Waals surface area contributed by atoms with Gasteiger partial charge in [0.1, 0.15) is 11.8 Å². The van der Waals surface area contributed by atoms with E-state index in [4.69, 9.17) is 9.15 Å². The van der Waals surface area contributed by atoms with Gasteiger partial charge in [0.2, 0.25) is 0 Å². The van der Waals surface area contributed by atoms with Crippen LogP contribution in [-0.4, -0.2) is 59.2 Å². The number of carbonyl (C=O) groups excluding carboxylic acids is 1. The maximum absolute atomic E-state index is 12.8. The van der Waals surface area contributed by atoms with Crippen LogP contribution in [0.3, 0.4) is 0 Å². The predicted molar refractivity (Wildman–Crippen MR) is 98.0 cm³/mol. The monoisotopic (exact) mass is 368 g/mol. The molecule has 4 rings (SSSR count). The third-order valence-corrected chi connectivity index (χ3v) is 5.73. The van der Waals surface area contributed by atoms with E-state index in [1.165, 1.54) is 6.26 Å². The summed E-state index contributed by atoms with van der Waals surface area (Å²) in [6.07, 6.45) is 1.53. The third kappa shape index (κ3) is 3.38. The standard InChI is InChI=1S/C20H24N4O3/c1-14-16(6-17(7-21)22(14)2)10-23-8-15-9-24(11-18(23)13-26-12-15)20(25)19-4-3-5-27-19/h3-6,15,18H,8-13H2,1-2H3/t15-,18+/m1/s1. The Hall–Kier alpha value is -2.56. The normalized spacial score (nSPS) is 23.1. The second-order valence-electron chi connectivity index (χ2n) is 7.49. The van der Waals surface area contributed by atoms with Crippen LogP contribution in [0.4, 0.5) is 0 Å². The molecule has 2 aliphatic rings. The molecule has 0 saturated carbocycles. The number of ether oxygens (including phenoxy) is 1. The number of rotatable bonds is 3. The average molecular weight is 368 g/mol. The Bertz CT molecular complexity index is 865. The molecule has 4 heterocycles. The van der Waals surface area contributed by atoms with Crippen molar-refractivity contribution >= 4 is 5.91 Å². The molecule has 142 valence electrons. The van der Waals surface area contributed by atoms with Crippen LogP contribution in [0, 0.1) is 24.2 Å². The minimum atomic E-state index is -0.0543. The summed E-state index contributed by atoms with van der Waals surface area (Å²) in [7, 11) is 1.92. The second-order valence-corrected chi connectivity index (χ2v) is 7.49. The average Bonchev–Trinajstić information content (AvgIpc) is 3.17. The Morgan fingerprint density at radius 3 is 2.89 bits per heavy atom. The zero-order valence-electron chi connectivity index (χ0n) is 15.7. The van der Waals surface area contributed by atoms with Crippen molar-refractivity contribution in [2.24, 2.45) is 13.0 Å². The Balaban J connectivity index is 1.55. The summed E-state index contributed by atoms with van der Waals surface area (Å²) < 4.78 is 13.1. The maximum atomic E-state index is 12.8. The molecule has 0 radical (unpaired) electrons. The first-order valence-electron chi connectivity index (χ1n) is 9.26. The molecule has 0 unspecified atom stereocenters. The summed E-state index contributed by atoms with van der Waals surface area (Å²) in [6.45, 7) is 6.24. The molecule has 27 heavy (non-hydrogen) atoms. The van der Waals surface area contributed by atoms with Gasteiger partial charge in [-0.05, 0) is 30.7 Å². The summed E-state index contributed by atoms with van der Waals surface area (Å²) in [5.41, 5.74) is 2.94. The number of nitrogens with zero attached hydrogens (tertiary/aromatic N) is 4. The highest BCUT2D eigenvalue weighted by Crippen LogP contribution is 2.25. The van der Waals surface area contributed by atoms with Crippen LogP contribution in [0.2, 0.25) is 0 Å². The molecular formula is C20H24N4O3. The van der Waals surface area contributed by atoms with Gasteiger partial charge in [-0.1, -0.05) is 0 Å². The van der Waals surface area contributed by atoms with Crippen molar-refractivity contribution in [2.75, 3.05) is 32.8 Å². The maximum Gasteiger partial charge on any atom is 0.289 e. The first-order chi connectivity index (χ1) is 13.1. The van der Waals surface area contributed by atoms with Crippen LogP contribution in [0.5, 0.6) is 0 Å². The van der Waals surface area contributed by atoms with Crippen LogP contribution in [0.25, 0.3) is 0 Å². The number of fused-ring (bicyclic) bond motifs is 3. The van der Waals surface area contributed by atoms with Gasteiger partial charge in [0.25, 0.3) is 5.91 Å². The lowest BCUT2D eigenvalue weighted by Crippen LogP contribution is -2.45. The highest BCUT2D eigenvalue weighted by molar-refractivity contribution is 5.91. The lowest BCUT2D eigenvalue weighted by molar-refractivity contribution is 0.0388. The smallest absolute Gasteiger partial charge is 0.289 e. The van der Waals surface area contributed by atoms with E-state index in [1.807, 2.05) is 29.5 Å². The molecule has 2 bridgehead atoms. The van der Waals surface area contributed by atoms with Crippen molar-refractivity contribution in [1.82, 2.24) is 14.4 Å². The van der Waals surface area contributed by atoms with Gasteiger partial charge in [-0.3, -0.25) is 9.69 Å². The van der Waals surface area contributed by atoms with E-state index in [1.54, 1.807) is 12.1 Å². The van der Waals surface area contributed by atoms with E-state index in [0.29, 0.717) is 37.8 Å². The first-order valence-corrected chi connectivity index (χ1v) is 9.26. The summed E-state index contributed by atoms with van der Waals surface area (Å²) in [4.78, 5) is 17.1. The van der Waals surface area contributed by atoms with Crippen molar-refractivity contribution < 1.29 is 13.9 Å². The predicted octanol–water partition coefficient (Wildman–Crippen LogP) is 1.77. The molecule has 0 aromatic carbocycles. The molecular weight excluding hydrogens is 344 g/mol. The van der Waals surface area contributed by atoms with E-state index in [-0.39, 0.29) is 17.9 Å². The molecule has 1 amide bonds. The quantitative estimate of drug-likeness (QED) is 0.825. The highest BCUT2D eigenvalue weighted by atomic mass is 16.5. The van der Waals surface area contributed by atoms with Crippen molar-refractivity contribution in [1.29, 1.82) is 5.26 Å². The third-order valence-electron chi connectivity index (χ3n) is 5.73. The molecule has 2 aromatic heterocycles. The fraction of sp³-hybridized carbons (Fsp3) is 0.500. The number of furan rings is 1. The van der Waals surface area contributed by atoms with Crippen molar-refractivity contribution in [3.63, 3.8) is 0 Å². The fourth-order valence-electron chi connectivity index (χ4n) is 4.09. The largest absolute Gasteiger partial charge is 0.459 e. The van der Waals surface area contributed by atoms with Crippen LogP contribution in [0.15, 0.2) is 28.9 Å². The Kier molecular flexibility index (Phi) is 4.77. The summed E-state index contributed by atoms with van der Waals surface area (Å²) in [6, 6.07) is 7.80. The van der Waals surface area contributed by atoms with E-state index in [2.05, 4.69) is 11.0 Å². The fourth-order valence-corrected chi connectivity index (χ4v) is 4.09. The summed E-state index contributed by atoms with van der Waals surface area (Å²) >= 11 is 0. The van der Waals surface area contributed by atoms with E-state index >= 15 is 0 Å². The number of hydrogen-bond donors (Lipinski definition) is 0. The lowest BCUT2D eigenvalue weighted by Gasteiger charge is -2.31. The minimum absolute atomic E-state index is 0.0543. The second kappa shape index (κ2) is 7.22. The van der Waals surface area contributed by atoms with Gasteiger partial charge in [0.05, 0.1) is 25.5 Å². The first kappa shape index (κ1) is 17.8. The van der Waals surface area contributed by atoms with Gasteiger partial charge >= 0.3 is 0 Å². The van der Waals surface area contributed by atoms with Gasteiger partial charge in [0.15, 0.2) is 5.76 Å². The Morgan fingerprint density at radius 2 is 2.19 bits per heavy atom. The molecule has 7 heteroatoms. The zero-order valence-corrected chi connectivity index (χ0v) is 15.7. The van der Waals surface area contributed by atoms with Crippen molar-refractivity contribution in [2.45, 2.75) is 19.5 Å². The SMILES string of the molecule is Cc1c(CN2C[C@H]3COC[C@@H]2CN(C(=O)c2ccco2)C3)cc(C#N)n1C. The van der Waals surface area contributed by atoms with Crippen molar-refractivity contribution in [3.8, 4) is 6.07 Å². The molecule has 2 saturated heterocycles. The molecule has 2 atom stereocenters. The number of hydrogen-bond acceptors (Lipinski definition) is 5. The molecule has 2 aromatic rings. The minimum Gasteiger partial charge on any atom is -0.459 e. The van der Waals surface area contributed by atoms with Crippen LogP contribution < -0.4 is 0 Å².